The van der Waals surface area contributed by atoms with Crippen LogP contribution in [0.5, 0.6) is 0 Å². The van der Waals surface area contributed by atoms with Gasteiger partial charge in [-0.05, 0) is 45.9 Å². The van der Waals surface area contributed by atoms with Crippen molar-refractivity contribution in [1.29, 1.82) is 0 Å². The number of aryl methyl sites for hydroxylation is 2. The van der Waals surface area contributed by atoms with Gasteiger partial charge in [-0.3, -0.25) is 4.79 Å². The maximum absolute atomic E-state index is 12.7. The van der Waals surface area contributed by atoms with Gasteiger partial charge >= 0.3 is 0 Å². The van der Waals surface area contributed by atoms with Gasteiger partial charge in [-0.2, -0.15) is 0 Å². The molecule has 1 atom stereocenters. The third-order valence-corrected chi connectivity index (χ3v) is 5.69. The van der Waals surface area contributed by atoms with Crippen LogP contribution in [0.2, 0.25) is 0 Å². The molecule has 1 unspecified atom stereocenters. The Kier molecular flexibility index (Phi) is 10.0. The first-order valence-corrected chi connectivity index (χ1v) is 11.2. The predicted octanol–water partition coefficient (Wildman–Crippen LogP) is 2.63. The van der Waals surface area contributed by atoms with Crippen molar-refractivity contribution in [3.05, 3.63) is 53.5 Å². The van der Waals surface area contributed by atoms with Crippen LogP contribution in [0.15, 0.2) is 45.8 Å². The minimum Gasteiger partial charge on any atom is -0.466 e. The Hall–Kier alpha value is -2.27. The standard InChI is InChI=1S/C24H35N5O3.HI/c1-5-25-23(27-17-24(4,31)21-15-18(2)32-19(21)3)26-16-22(30)29-13-11-28(12-14-29)20-9-7-6-8-10-20;/h6-10,15,31H,5,11-14,16-17H2,1-4H3,(H2,25,26,27);1H. The zero-order chi connectivity index (χ0) is 23.1. The van der Waals surface area contributed by atoms with E-state index in [1.165, 1.54) is 5.69 Å². The summed E-state index contributed by atoms with van der Waals surface area (Å²) in [5.41, 5.74) is 0.799. The first kappa shape index (κ1) is 27.0. The van der Waals surface area contributed by atoms with Crippen molar-refractivity contribution in [2.75, 3.05) is 50.7 Å². The third kappa shape index (κ3) is 7.36. The summed E-state index contributed by atoms with van der Waals surface area (Å²) in [6.45, 7) is 11.3. The van der Waals surface area contributed by atoms with Gasteiger partial charge in [0.15, 0.2) is 5.96 Å². The van der Waals surface area contributed by atoms with E-state index in [0.717, 1.165) is 24.4 Å². The van der Waals surface area contributed by atoms with E-state index in [0.29, 0.717) is 31.4 Å². The van der Waals surface area contributed by atoms with Gasteiger partial charge in [-0.25, -0.2) is 4.99 Å². The zero-order valence-electron chi connectivity index (χ0n) is 19.9. The van der Waals surface area contributed by atoms with E-state index < -0.39 is 5.60 Å². The number of furan rings is 1. The summed E-state index contributed by atoms with van der Waals surface area (Å²) in [7, 11) is 0. The van der Waals surface area contributed by atoms with Crippen molar-refractivity contribution in [2.45, 2.75) is 33.3 Å². The monoisotopic (exact) mass is 569 g/mol. The molecule has 1 aliphatic rings. The molecule has 2 heterocycles. The van der Waals surface area contributed by atoms with E-state index in [9.17, 15) is 9.90 Å². The average Bonchev–Trinajstić information content (AvgIpc) is 3.15. The van der Waals surface area contributed by atoms with E-state index >= 15 is 0 Å². The zero-order valence-corrected chi connectivity index (χ0v) is 22.3. The molecule has 1 saturated heterocycles. The van der Waals surface area contributed by atoms with Crippen molar-refractivity contribution >= 4 is 41.5 Å². The highest BCUT2D eigenvalue weighted by Crippen LogP contribution is 2.26. The lowest BCUT2D eigenvalue weighted by atomic mass is 9.96. The molecular formula is C24H36IN5O3. The highest BCUT2D eigenvalue weighted by Gasteiger charge is 2.28. The average molecular weight is 569 g/mol. The molecule has 9 heteroatoms. The lowest BCUT2D eigenvalue weighted by molar-refractivity contribution is -0.129. The number of nitrogens with one attached hydrogen (secondary N) is 2. The van der Waals surface area contributed by atoms with Crippen molar-refractivity contribution in [3.63, 3.8) is 0 Å². The predicted molar refractivity (Wildman–Crippen MR) is 142 cm³/mol. The molecule has 0 bridgehead atoms. The molecule has 182 valence electrons. The molecule has 0 saturated carbocycles. The molecule has 0 radical (unpaired) electrons. The summed E-state index contributed by atoms with van der Waals surface area (Å²) in [6.07, 6.45) is 0. The summed E-state index contributed by atoms with van der Waals surface area (Å²) in [6, 6.07) is 12.1. The number of hydrogen-bond acceptors (Lipinski definition) is 5. The molecule has 1 aromatic carbocycles. The van der Waals surface area contributed by atoms with Crippen molar-refractivity contribution in [3.8, 4) is 0 Å². The molecule has 1 fully saturated rings. The van der Waals surface area contributed by atoms with Gasteiger partial charge in [0.1, 0.15) is 23.7 Å². The SMILES string of the molecule is CCNC(=NCC(=O)N1CCN(c2ccccc2)CC1)NCC(C)(O)c1cc(C)oc1C.I. The molecule has 3 N–H and O–H groups in total. The first-order chi connectivity index (χ1) is 15.3. The van der Waals surface area contributed by atoms with Gasteiger partial charge in [0.25, 0.3) is 0 Å². The number of aliphatic hydroxyl groups is 1. The van der Waals surface area contributed by atoms with E-state index in [2.05, 4.69) is 32.7 Å². The quantitative estimate of drug-likeness (QED) is 0.270. The topological polar surface area (TPSA) is 93.3 Å². The number of aliphatic imine (C=N–C) groups is 1. The molecule has 8 nitrogen and oxygen atoms in total. The number of carbonyl (C=O) groups excluding carboxylic acids is 1. The van der Waals surface area contributed by atoms with Crippen LogP contribution in [0.4, 0.5) is 5.69 Å². The minimum absolute atomic E-state index is 0. The second-order valence-corrected chi connectivity index (χ2v) is 8.35. The molecule has 1 aromatic heterocycles. The number of para-hydroxylation sites is 1. The van der Waals surface area contributed by atoms with Gasteiger partial charge in [-0.15, -0.1) is 24.0 Å². The second kappa shape index (κ2) is 12.3. The fourth-order valence-electron chi connectivity index (χ4n) is 3.96. The molecule has 2 aromatic rings. The highest BCUT2D eigenvalue weighted by atomic mass is 127. The normalized spacial score (nSPS) is 16.1. The molecule has 0 spiro atoms. The Morgan fingerprint density at radius 2 is 1.82 bits per heavy atom. The van der Waals surface area contributed by atoms with Crippen LogP contribution in [0.1, 0.15) is 30.9 Å². The van der Waals surface area contributed by atoms with Gasteiger partial charge in [0.2, 0.25) is 5.91 Å². The molecule has 1 aliphatic heterocycles. The van der Waals surface area contributed by atoms with Gasteiger partial charge in [0, 0.05) is 44.0 Å². The number of amides is 1. The van der Waals surface area contributed by atoms with E-state index in [4.69, 9.17) is 4.42 Å². The molecule has 3 rings (SSSR count). The largest absolute Gasteiger partial charge is 0.466 e. The van der Waals surface area contributed by atoms with Crippen LogP contribution in [-0.2, 0) is 10.4 Å². The Labute approximate surface area is 213 Å². The fourth-order valence-corrected chi connectivity index (χ4v) is 3.96. The number of nitrogens with zero attached hydrogens (tertiary/aromatic N) is 3. The lowest BCUT2D eigenvalue weighted by Crippen LogP contribution is -2.50. The minimum atomic E-state index is -1.13. The van der Waals surface area contributed by atoms with Gasteiger partial charge < -0.3 is 30.0 Å². The highest BCUT2D eigenvalue weighted by molar-refractivity contribution is 14.0. The second-order valence-electron chi connectivity index (χ2n) is 8.35. The molecule has 1 amide bonds. The summed E-state index contributed by atoms with van der Waals surface area (Å²) >= 11 is 0. The van der Waals surface area contributed by atoms with Gasteiger partial charge in [0.05, 0.1) is 6.54 Å². The van der Waals surface area contributed by atoms with E-state index in [1.54, 1.807) is 6.92 Å². The van der Waals surface area contributed by atoms with Crippen LogP contribution in [0, 0.1) is 13.8 Å². The summed E-state index contributed by atoms with van der Waals surface area (Å²) < 4.78 is 5.55. The number of anilines is 1. The van der Waals surface area contributed by atoms with E-state index in [1.807, 2.05) is 49.9 Å². The fraction of sp³-hybridized carbons (Fsp3) is 0.500. The number of halogens is 1. The Bertz CT molecular complexity index is 921. The Morgan fingerprint density at radius 3 is 2.39 bits per heavy atom. The number of hydrogen-bond donors (Lipinski definition) is 3. The number of rotatable bonds is 7. The van der Waals surface area contributed by atoms with Crippen LogP contribution in [0.25, 0.3) is 0 Å². The van der Waals surface area contributed by atoms with E-state index in [-0.39, 0.29) is 43.0 Å². The summed E-state index contributed by atoms with van der Waals surface area (Å²) in [4.78, 5) is 21.3. The first-order valence-electron chi connectivity index (χ1n) is 11.2. The Morgan fingerprint density at radius 1 is 1.15 bits per heavy atom. The number of guanidine groups is 1. The lowest BCUT2D eigenvalue weighted by Gasteiger charge is -2.36. The maximum Gasteiger partial charge on any atom is 0.244 e. The molecule has 0 aliphatic carbocycles. The van der Waals surface area contributed by atoms with Crippen LogP contribution >= 0.6 is 24.0 Å². The summed E-state index contributed by atoms with van der Waals surface area (Å²) in [5, 5.41) is 17.2. The van der Waals surface area contributed by atoms with Gasteiger partial charge in [-0.1, -0.05) is 18.2 Å². The number of piperazine rings is 1. The maximum atomic E-state index is 12.7. The number of benzene rings is 1. The smallest absolute Gasteiger partial charge is 0.244 e. The van der Waals surface area contributed by atoms with Crippen LogP contribution < -0.4 is 15.5 Å². The van der Waals surface area contributed by atoms with Crippen molar-refractivity contribution < 1.29 is 14.3 Å². The molecular weight excluding hydrogens is 533 g/mol. The summed E-state index contributed by atoms with van der Waals surface area (Å²) in [5.74, 6) is 1.96. The third-order valence-electron chi connectivity index (χ3n) is 5.69. The number of carbonyl (C=O) groups is 1. The van der Waals surface area contributed by atoms with Crippen LogP contribution in [-0.4, -0.2) is 67.7 Å². The Balaban J connectivity index is 0.00000385. The van der Waals surface area contributed by atoms with Crippen molar-refractivity contribution in [2.24, 2.45) is 4.99 Å². The molecule has 33 heavy (non-hydrogen) atoms. The van der Waals surface area contributed by atoms with Crippen molar-refractivity contribution in [1.82, 2.24) is 15.5 Å². The van der Waals surface area contributed by atoms with Crippen LogP contribution in [0.3, 0.4) is 0 Å².